The number of rotatable bonds is 4. The number of benzene rings is 3. The van der Waals surface area contributed by atoms with E-state index < -0.39 is 0 Å². The zero-order valence-corrected chi connectivity index (χ0v) is 13.8. The molecule has 1 fully saturated rings. The van der Waals surface area contributed by atoms with Crippen LogP contribution in [0.15, 0.2) is 54.6 Å². The summed E-state index contributed by atoms with van der Waals surface area (Å²) in [5.41, 5.74) is 1.29. The maximum atomic E-state index is 13.4. The lowest BCUT2D eigenvalue weighted by molar-refractivity contribution is 0.159. The first kappa shape index (κ1) is 15.6. The first-order valence-corrected chi connectivity index (χ1v) is 8.79. The summed E-state index contributed by atoms with van der Waals surface area (Å²) >= 11 is 0. The second-order valence-electron chi connectivity index (χ2n) is 6.51. The summed E-state index contributed by atoms with van der Waals surface area (Å²) in [7, 11) is 0. The van der Waals surface area contributed by atoms with Gasteiger partial charge in [-0.15, -0.1) is 0 Å². The van der Waals surface area contributed by atoms with Crippen molar-refractivity contribution in [3.63, 3.8) is 0 Å². The van der Waals surface area contributed by atoms with Gasteiger partial charge in [-0.25, -0.2) is 0 Å². The molecule has 3 aromatic rings. The van der Waals surface area contributed by atoms with Crippen molar-refractivity contribution in [2.75, 3.05) is 32.9 Å². The highest BCUT2D eigenvalue weighted by Crippen LogP contribution is 2.37. The molecule has 0 spiro atoms. The first-order valence-electron chi connectivity index (χ1n) is 8.79. The van der Waals surface area contributed by atoms with Crippen molar-refractivity contribution in [3.8, 4) is 0 Å². The molecule has 1 saturated heterocycles. The Kier molecular flexibility index (Phi) is 4.46. The molecule has 3 heteroatoms. The molecule has 2 nitrogen and oxygen atoms in total. The van der Waals surface area contributed by atoms with Crippen molar-refractivity contribution >= 4 is 21.5 Å². The monoisotopic (exact) mass is 322 g/mol. The van der Waals surface area contributed by atoms with Gasteiger partial charge in [0.25, 0.3) is 0 Å². The third-order valence-electron chi connectivity index (χ3n) is 5.12. The van der Waals surface area contributed by atoms with Crippen LogP contribution in [0, 0.1) is 0 Å². The van der Waals surface area contributed by atoms with Crippen LogP contribution in [0.5, 0.6) is 0 Å². The van der Waals surface area contributed by atoms with E-state index in [1.807, 2.05) is 0 Å². The Morgan fingerprint density at radius 2 is 1.50 bits per heavy atom. The van der Waals surface area contributed by atoms with Crippen LogP contribution in [0.3, 0.4) is 0 Å². The minimum atomic E-state index is -0.286. The van der Waals surface area contributed by atoms with Gasteiger partial charge in [-0.3, -0.25) is 9.29 Å². The Balaban J connectivity index is 1.96. The molecule has 1 aliphatic rings. The number of piperazine rings is 1. The van der Waals surface area contributed by atoms with Crippen LogP contribution in [0.4, 0.5) is 4.39 Å². The fraction of sp³-hybridized carbons (Fsp3) is 0.333. The minimum absolute atomic E-state index is 0.132. The molecule has 24 heavy (non-hydrogen) atoms. The molecule has 0 aliphatic carbocycles. The summed E-state index contributed by atoms with van der Waals surface area (Å²) in [5.74, 6) is 0. The Morgan fingerprint density at radius 1 is 0.917 bits per heavy atom. The Bertz CT molecular complexity index is 785. The van der Waals surface area contributed by atoms with E-state index in [-0.39, 0.29) is 12.7 Å². The highest BCUT2D eigenvalue weighted by Gasteiger charge is 2.25. The third kappa shape index (κ3) is 2.79. The summed E-state index contributed by atoms with van der Waals surface area (Å²) in [5, 5.41) is 8.40. The molecule has 1 aliphatic heterocycles. The third-order valence-corrected chi connectivity index (χ3v) is 5.12. The number of nitrogens with zero attached hydrogens (tertiary/aromatic N) is 1. The van der Waals surface area contributed by atoms with Gasteiger partial charge in [-0.2, -0.15) is 0 Å². The van der Waals surface area contributed by atoms with Gasteiger partial charge in [0.05, 0.1) is 6.67 Å². The molecule has 0 aromatic heterocycles. The molecule has 1 N–H and O–H groups in total. The van der Waals surface area contributed by atoms with E-state index in [1.54, 1.807) is 0 Å². The van der Waals surface area contributed by atoms with E-state index in [4.69, 9.17) is 0 Å². The van der Waals surface area contributed by atoms with Crippen LogP contribution in [0.1, 0.15) is 18.0 Å². The number of halogens is 1. The van der Waals surface area contributed by atoms with Gasteiger partial charge >= 0.3 is 0 Å². The van der Waals surface area contributed by atoms with Gasteiger partial charge in [0.15, 0.2) is 0 Å². The van der Waals surface area contributed by atoms with Gasteiger partial charge in [-0.1, -0.05) is 48.5 Å². The molecule has 3 aromatic carbocycles. The number of hydrogen-bond acceptors (Lipinski definition) is 2. The second kappa shape index (κ2) is 6.88. The molecule has 0 unspecified atom stereocenters. The Labute approximate surface area is 142 Å². The van der Waals surface area contributed by atoms with E-state index in [1.165, 1.54) is 27.1 Å². The predicted molar refractivity (Wildman–Crippen MR) is 99.2 cm³/mol. The predicted octanol–water partition coefficient (Wildman–Crippen LogP) is 4.30. The largest absolute Gasteiger partial charge is 0.314 e. The van der Waals surface area contributed by atoms with Crippen LogP contribution in [-0.2, 0) is 0 Å². The molecular formula is C21H23FN2. The number of hydrogen-bond donors (Lipinski definition) is 1. The summed E-state index contributed by atoms with van der Waals surface area (Å²) in [6, 6.07) is 19.4. The second-order valence-corrected chi connectivity index (χ2v) is 6.51. The lowest BCUT2D eigenvalue weighted by atomic mass is 9.90. The molecule has 0 bridgehead atoms. The van der Waals surface area contributed by atoms with Crippen molar-refractivity contribution in [2.45, 2.75) is 12.5 Å². The highest BCUT2D eigenvalue weighted by molar-refractivity contribution is 6.02. The van der Waals surface area contributed by atoms with Crippen molar-refractivity contribution in [3.05, 3.63) is 60.2 Å². The summed E-state index contributed by atoms with van der Waals surface area (Å²) in [4.78, 5) is 2.45. The van der Waals surface area contributed by atoms with Gasteiger partial charge in [-0.05, 0) is 39.6 Å². The zero-order chi connectivity index (χ0) is 16.4. The smallest absolute Gasteiger partial charge is 0.0912 e. The van der Waals surface area contributed by atoms with Crippen LogP contribution < -0.4 is 5.32 Å². The van der Waals surface area contributed by atoms with E-state index in [2.05, 4.69) is 64.8 Å². The maximum Gasteiger partial charge on any atom is 0.0912 e. The van der Waals surface area contributed by atoms with E-state index in [9.17, 15) is 4.39 Å². The van der Waals surface area contributed by atoms with Crippen molar-refractivity contribution < 1.29 is 4.39 Å². The van der Waals surface area contributed by atoms with Gasteiger partial charge < -0.3 is 5.32 Å². The van der Waals surface area contributed by atoms with E-state index >= 15 is 0 Å². The summed E-state index contributed by atoms with van der Waals surface area (Å²) < 4.78 is 13.4. The van der Waals surface area contributed by atoms with Gasteiger partial charge in [0.1, 0.15) is 0 Å². The normalized spacial score (nSPS) is 17.4. The van der Waals surface area contributed by atoms with Crippen LogP contribution in [0.25, 0.3) is 21.5 Å². The molecule has 0 radical (unpaired) electrons. The van der Waals surface area contributed by atoms with Gasteiger partial charge in [0, 0.05) is 32.2 Å². The van der Waals surface area contributed by atoms with E-state index in [0.717, 1.165) is 26.2 Å². The number of nitrogens with one attached hydrogen (secondary N) is 1. The van der Waals surface area contributed by atoms with Crippen molar-refractivity contribution in [1.29, 1.82) is 0 Å². The fourth-order valence-electron chi connectivity index (χ4n) is 4.01. The fourth-order valence-corrected chi connectivity index (χ4v) is 4.01. The zero-order valence-electron chi connectivity index (χ0n) is 13.8. The lowest BCUT2D eigenvalue weighted by Crippen LogP contribution is -2.45. The SMILES string of the molecule is FCC[C@H](c1c2ccccc2cc2ccccc12)N1CCNCC1. The Morgan fingerprint density at radius 3 is 2.08 bits per heavy atom. The molecule has 0 saturated carbocycles. The van der Waals surface area contributed by atoms with Crippen LogP contribution in [0.2, 0.25) is 0 Å². The van der Waals surface area contributed by atoms with Crippen LogP contribution in [-0.4, -0.2) is 37.8 Å². The molecule has 4 rings (SSSR count). The minimum Gasteiger partial charge on any atom is -0.314 e. The van der Waals surface area contributed by atoms with E-state index in [0.29, 0.717) is 6.42 Å². The Hall–Kier alpha value is -1.97. The standard InChI is InChI=1S/C21H23FN2/c22-10-9-20(24-13-11-23-12-14-24)21-18-7-3-1-5-16(18)15-17-6-2-4-8-19(17)21/h1-8,15,20,23H,9-14H2/t20-/m1/s1. The molecule has 1 atom stereocenters. The maximum absolute atomic E-state index is 13.4. The van der Waals surface area contributed by atoms with Crippen molar-refractivity contribution in [1.82, 2.24) is 10.2 Å². The quantitative estimate of drug-likeness (QED) is 0.721. The first-order chi connectivity index (χ1) is 11.9. The van der Waals surface area contributed by atoms with Gasteiger partial charge in [0.2, 0.25) is 0 Å². The highest BCUT2D eigenvalue weighted by atomic mass is 19.1. The number of alkyl halides is 1. The molecule has 124 valence electrons. The molecule has 0 amide bonds. The molecular weight excluding hydrogens is 299 g/mol. The van der Waals surface area contributed by atoms with Crippen molar-refractivity contribution in [2.24, 2.45) is 0 Å². The van der Waals surface area contributed by atoms with Crippen LogP contribution >= 0.6 is 0 Å². The lowest BCUT2D eigenvalue weighted by Gasteiger charge is -2.36. The average Bonchev–Trinajstić information content (AvgIpc) is 2.65. The topological polar surface area (TPSA) is 15.3 Å². The summed E-state index contributed by atoms with van der Waals surface area (Å²) in [6.07, 6.45) is 0.554. The number of fused-ring (bicyclic) bond motifs is 2. The summed E-state index contributed by atoms with van der Waals surface area (Å²) in [6.45, 7) is 3.62. The molecule has 1 heterocycles. The average molecular weight is 322 g/mol.